The molecule has 2 atom stereocenters. The number of nitrogens with zero attached hydrogens (tertiary/aromatic N) is 3. The number of carbonyl (C=O) groups excluding carboxylic acids is 1. The second kappa shape index (κ2) is 15.6. The third-order valence-electron chi connectivity index (χ3n) is 9.17. The van der Waals surface area contributed by atoms with Crippen LogP contribution in [0.1, 0.15) is 43.2 Å². The molecule has 2 aliphatic rings. The van der Waals surface area contributed by atoms with E-state index in [0.29, 0.717) is 77.8 Å². The molecule has 0 bridgehead atoms. The minimum Gasteiger partial charge on any atom is -0.481 e. The molecule has 49 heavy (non-hydrogen) atoms. The minimum atomic E-state index is -0.804. The van der Waals surface area contributed by atoms with Crippen molar-refractivity contribution in [3.05, 3.63) is 81.8 Å². The van der Waals surface area contributed by atoms with Crippen LogP contribution >= 0.6 is 23.2 Å². The zero-order valence-corrected chi connectivity index (χ0v) is 29.0. The highest BCUT2D eigenvalue weighted by molar-refractivity contribution is 6.39. The molecule has 2 aromatic carbocycles. The number of carboxylic acids is 1. The maximum absolute atomic E-state index is 11.8. The van der Waals surface area contributed by atoms with Crippen molar-refractivity contribution in [3.8, 4) is 45.4 Å². The molecular formula is C37H39Cl2N5O5. The van der Waals surface area contributed by atoms with Crippen molar-refractivity contribution >= 4 is 35.1 Å². The molecule has 3 N–H and O–H groups in total. The maximum atomic E-state index is 11.8. The number of methoxy groups -OCH3 is 2. The molecule has 2 aromatic heterocycles. The van der Waals surface area contributed by atoms with Gasteiger partial charge in [0.05, 0.1) is 35.7 Å². The van der Waals surface area contributed by atoms with Gasteiger partial charge in [0, 0.05) is 65.5 Å². The van der Waals surface area contributed by atoms with Crippen molar-refractivity contribution in [2.24, 2.45) is 0 Å². The van der Waals surface area contributed by atoms with Crippen LogP contribution in [0.15, 0.2) is 60.7 Å². The highest BCUT2D eigenvalue weighted by Crippen LogP contribution is 2.42. The normalized spacial score (nSPS) is 17.9. The summed E-state index contributed by atoms with van der Waals surface area (Å²) in [6, 6.07) is 18.8. The summed E-state index contributed by atoms with van der Waals surface area (Å²) in [5.74, 6) is 0.208. The largest absolute Gasteiger partial charge is 0.481 e. The lowest BCUT2D eigenvalue weighted by Crippen LogP contribution is -2.44. The van der Waals surface area contributed by atoms with E-state index < -0.39 is 12.0 Å². The number of carbonyl (C=O) groups is 2. The van der Waals surface area contributed by atoms with Crippen LogP contribution in [0.3, 0.4) is 0 Å². The SMILES string of the molecule is COc1nc(-c2cccc(-c3cccc(-c4ccc(CN5CCCC[C@H]5C(=O)O)c(OC)n4)c3Cl)c2Cl)ccc1CNC[C@@H]1CCC(=O)N1. The standard InChI is InChI=1S/C37H39Cl2N5O5/c1-48-35-22(19-40-20-24-14-17-32(45)41-24)12-15-29(42-35)27-9-5-7-25(33(27)38)26-8-6-10-28(34(26)39)30-16-13-23(36(43-30)49-2)21-44-18-4-3-11-31(44)37(46)47/h5-10,12-13,15-16,24,31,40H,3-4,11,14,17-21H2,1-2H3,(H,41,45)(H,46,47)/t24-,31-/m0/s1. The summed E-state index contributed by atoms with van der Waals surface area (Å²) in [6.07, 6.45) is 3.89. The highest BCUT2D eigenvalue weighted by atomic mass is 35.5. The number of ether oxygens (including phenoxy) is 2. The van der Waals surface area contributed by atoms with Gasteiger partial charge < -0.3 is 25.2 Å². The van der Waals surface area contributed by atoms with Gasteiger partial charge in [-0.25, -0.2) is 9.97 Å². The van der Waals surface area contributed by atoms with Crippen LogP contribution in [-0.2, 0) is 22.7 Å². The number of aliphatic carboxylic acids is 1. The van der Waals surface area contributed by atoms with Crippen LogP contribution in [0, 0.1) is 0 Å². The zero-order valence-electron chi connectivity index (χ0n) is 27.5. The van der Waals surface area contributed by atoms with E-state index >= 15 is 0 Å². The minimum absolute atomic E-state index is 0.0929. The summed E-state index contributed by atoms with van der Waals surface area (Å²) in [5.41, 5.74) is 5.90. The van der Waals surface area contributed by atoms with Gasteiger partial charge in [-0.15, -0.1) is 0 Å². The molecule has 0 spiro atoms. The number of amides is 1. The van der Waals surface area contributed by atoms with Crippen LogP contribution in [0.5, 0.6) is 11.8 Å². The summed E-state index contributed by atoms with van der Waals surface area (Å²) in [6.45, 7) is 2.35. The summed E-state index contributed by atoms with van der Waals surface area (Å²) >= 11 is 14.2. The topological polar surface area (TPSA) is 126 Å². The molecule has 10 nitrogen and oxygen atoms in total. The maximum Gasteiger partial charge on any atom is 0.320 e. The predicted octanol–water partition coefficient (Wildman–Crippen LogP) is 6.61. The monoisotopic (exact) mass is 703 g/mol. The van der Waals surface area contributed by atoms with Crippen molar-refractivity contribution in [1.29, 1.82) is 0 Å². The number of likely N-dealkylation sites (tertiary alicyclic amines) is 1. The third kappa shape index (κ3) is 7.68. The lowest BCUT2D eigenvalue weighted by Gasteiger charge is -2.33. The lowest BCUT2D eigenvalue weighted by molar-refractivity contribution is -0.144. The number of benzene rings is 2. The van der Waals surface area contributed by atoms with Gasteiger partial charge >= 0.3 is 5.97 Å². The van der Waals surface area contributed by atoms with Gasteiger partial charge in [-0.1, -0.05) is 78.2 Å². The average molecular weight is 705 g/mol. The van der Waals surface area contributed by atoms with Crippen molar-refractivity contribution in [1.82, 2.24) is 25.5 Å². The molecule has 0 saturated carbocycles. The highest BCUT2D eigenvalue weighted by Gasteiger charge is 2.29. The Labute approximate surface area is 295 Å². The molecule has 12 heteroatoms. The summed E-state index contributed by atoms with van der Waals surface area (Å²) in [5, 5.41) is 17.1. The predicted molar refractivity (Wildman–Crippen MR) is 190 cm³/mol. The first kappa shape index (κ1) is 34.6. The van der Waals surface area contributed by atoms with Gasteiger partial charge in [0.15, 0.2) is 0 Å². The Morgan fingerprint density at radius 3 is 2.04 bits per heavy atom. The number of halogens is 2. The molecule has 4 heterocycles. The first-order valence-corrected chi connectivity index (χ1v) is 17.2. The van der Waals surface area contributed by atoms with Crippen molar-refractivity contribution in [2.75, 3.05) is 27.3 Å². The van der Waals surface area contributed by atoms with Crippen LogP contribution in [0.25, 0.3) is 33.6 Å². The van der Waals surface area contributed by atoms with Crippen LogP contribution in [-0.4, -0.2) is 71.2 Å². The van der Waals surface area contributed by atoms with Crippen LogP contribution < -0.4 is 20.1 Å². The Hall–Kier alpha value is -4.22. The molecular weight excluding hydrogens is 665 g/mol. The summed E-state index contributed by atoms with van der Waals surface area (Å²) in [7, 11) is 3.15. The van der Waals surface area contributed by atoms with Crippen LogP contribution in [0.4, 0.5) is 0 Å². The van der Waals surface area contributed by atoms with E-state index in [1.807, 2.05) is 65.6 Å². The van der Waals surface area contributed by atoms with E-state index in [4.69, 9.17) is 42.6 Å². The van der Waals surface area contributed by atoms with E-state index in [9.17, 15) is 14.7 Å². The molecule has 256 valence electrons. The van der Waals surface area contributed by atoms with Gasteiger partial charge in [0.25, 0.3) is 0 Å². The average Bonchev–Trinajstić information content (AvgIpc) is 3.53. The van der Waals surface area contributed by atoms with E-state index in [1.165, 1.54) is 0 Å². The Bertz CT molecular complexity index is 1850. The smallest absolute Gasteiger partial charge is 0.320 e. The van der Waals surface area contributed by atoms with Crippen molar-refractivity contribution < 1.29 is 24.2 Å². The lowest BCUT2D eigenvalue weighted by atomic mass is 9.98. The van der Waals surface area contributed by atoms with Gasteiger partial charge in [-0.2, -0.15) is 0 Å². The molecule has 1 amide bonds. The number of carboxylic acid groups (broad SMARTS) is 1. The van der Waals surface area contributed by atoms with Crippen LogP contribution in [0.2, 0.25) is 10.0 Å². The summed E-state index contributed by atoms with van der Waals surface area (Å²) < 4.78 is 11.3. The Morgan fingerprint density at radius 1 is 0.878 bits per heavy atom. The van der Waals surface area contributed by atoms with Gasteiger partial charge in [-0.3, -0.25) is 14.5 Å². The van der Waals surface area contributed by atoms with Gasteiger partial charge in [-0.05, 0) is 37.9 Å². The van der Waals surface area contributed by atoms with E-state index in [2.05, 4.69) is 10.6 Å². The number of hydrogen-bond acceptors (Lipinski definition) is 8. The molecule has 2 aliphatic heterocycles. The summed E-state index contributed by atoms with van der Waals surface area (Å²) in [4.78, 5) is 34.9. The third-order valence-corrected chi connectivity index (χ3v) is 9.98. The number of hydrogen-bond donors (Lipinski definition) is 3. The Balaban J connectivity index is 1.24. The Kier molecular flexibility index (Phi) is 11.0. The molecule has 0 unspecified atom stereocenters. The number of piperidine rings is 1. The molecule has 0 aliphatic carbocycles. The number of rotatable bonds is 12. The fourth-order valence-corrected chi connectivity index (χ4v) is 7.26. The quantitative estimate of drug-likeness (QED) is 0.149. The van der Waals surface area contributed by atoms with E-state index in [0.717, 1.165) is 47.1 Å². The molecule has 6 rings (SSSR count). The van der Waals surface area contributed by atoms with Gasteiger partial charge in [0.1, 0.15) is 6.04 Å². The molecule has 2 saturated heterocycles. The fraction of sp³-hybridized carbons (Fsp3) is 0.351. The zero-order chi connectivity index (χ0) is 34.5. The number of nitrogens with one attached hydrogen (secondary N) is 2. The van der Waals surface area contributed by atoms with Crippen molar-refractivity contribution in [3.63, 3.8) is 0 Å². The number of aromatic nitrogens is 2. The second-order valence-electron chi connectivity index (χ2n) is 12.3. The second-order valence-corrected chi connectivity index (χ2v) is 13.1. The Morgan fingerprint density at radius 2 is 1.47 bits per heavy atom. The molecule has 4 aromatic rings. The van der Waals surface area contributed by atoms with E-state index in [1.54, 1.807) is 14.2 Å². The number of pyridine rings is 2. The molecule has 2 fully saturated rings. The molecule has 0 radical (unpaired) electrons. The van der Waals surface area contributed by atoms with Crippen molar-refractivity contribution in [2.45, 2.75) is 57.3 Å². The fourth-order valence-electron chi connectivity index (χ4n) is 6.61. The first-order chi connectivity index (χ1) is 23.8. The van der Waals surface area contributed by atoms with E-state index in [-0.39, 0.29) is 11.9 Å². The first-order valence-electron chi connectivity index (χ1n) is 16.4. The van der Waals surface area contributed by atoms with Gasteiger partial charge in [0.2, 0.25) is 17.7 Å².